The Morgan fingerprint density at radius 1 is 0.679 bits per heavy atom. The van der Waals surface area contributed by atoms with Crippen LogP contribution in [0.3, 0.4) is 0 Å². The Labute approximate surface area is 167 Å². The van der Waals surface area contributed by atoms with Crippen LogP contribution < -0.4 is 0 Å². The summed E-state index contributed by atoms with van der Waals surface area (Å²) in [6.07, 6.45) is 0.854. The zero-order valence-electron chi connectivity index (χ0n) is 17.5. The van der Waals surface area contributed by atoms with Crippen LogP contribution in [0.2, 0.25) is 0 Å². The second-order valence-electron chi connectivity index (χ2n) is 9.38. The molecule has 0 spiro atoms. The van der Waals surface area contributed by atoms with Gasteiger partial charge in [0, 0.05) is 34.0 Å². The first kappa shape index (κ1) is 18.6. The van der Waals surface area contributed by atoms with Crippen LogP contribution in [-0.2, 0) is 17.3 Å². The molecular weight excluding hydrogens is 340 g/mol. The lowest BCUT2D eigenvalue weighted by molar-refractivity contribution is 0.501. The van der Waals surface area contributed by atoms with E-state index in [0.717, 1.165) is 28.8 Å². The first-order valence-corrected chi connectivity index (χ1v) is 9.99. The largest absolute Gasteiger partial charge is 0.252 e. The maximum Gasteiger partial charge on any atom is 0.0742 e. The van der Waals surface area contributed by atoms with E-state index < -0.39 is 0 Å². The molecule has 0 aliphatic heterocycles. The van der Waals surface area contributed by atoms with Gasteiger partial charge in [-0.3, -0.25) is 9.97 Å². The molecule has 142 valence electrons. The molecule has 0 saturated carbocycles. The van der Waals surface area contributed by atoms with Gasteiger partial charge in [-0.1, -0.05) is 83.1 Å². The van der Waals surface area contributed by atoms with Crippen molar-refractivity contribution in [1.82, 2.24) is 9.97 Å². The standard InChI is InChI=1S/C26H28N2/c1-25(2,3)21-11-8-10-19-13-15-20(27-24(19)21)17-26(4,5)23-16-14-18-9-6-7-12-22(18)28-23/h6-16H,17H2,1-5H3. The fourth-order valence-corrected chi connectivity index (χ4v) is 3.88. The molecule has 0 radical (unpaired) electrons. The highest BCUT2D eigenvalue weighted by atomic mass is 14.7. The van der Waals surface area contributed by atoms with Crippen molar-refractivity contribution in [2.45, 2.75) is 51.9 Å². The predicted octanol–water partition coefficient (Wildman–Crippen LogP) is 6.60. The van der Waals surface area contributed by atoms with Gasteiger partial charge in [-0.15, -0.1) is 0 Å². The third-order valence-corrected chi connectivity index (χ3v) is 5.50. The van der Waals surface area contributed by atoms with Crippen molar-refractivity contribution in [2.75, 3.05) is 0 Å². The van der Waals surface area contributed by atoms with Gasteiger partial charge < -0.3 is 0 Å². The Morgan fingerprint density at radius 2 is 1.39 bits per heavy atom. The molecule has 2 nitrogen and oxygen atoms in total. The first-order chi connectivity index (χ1) is 13.2. The number of benzene rings is 2. The van der Waals surface area contributed by atoms with E-state index in [2.05, 4.69) is 95.3 Å². The number of hydrogen-bond donors (Lipinski definition) is 0. The summed E-state index contributed by atoms with van der Waals surface area (Å²) >= 11 is 0. The number of fused-ring (bicyclic) bond motifs is 2. The van der Waals surface area contributed by atoms with Crippen LogP contribution in [0.5, 0.6) is 0 Å². The lowest BCUT2D eigenvalue weighted by Gasteiger charge is -2.25. The second kappa shape index (κ2) is 6.70. The molecule has 0 saturated heterocycles. The highest BCUT2D eigenvalue weighted by molar-refractivity contribution is 5.83. The van der Waals surface area contributed by atoms with Gasteiger partial charge in [0.05, 0.1) is 11.0 Å². The molecular formula is C26H28N2. The van der Waals surface area contributed by atoms with Crippen molar-refractivity contribution in [3.63, 3.8) is 0 Å². The highest BCUT2D eigenvalue weighted by Crippen LogP contribution is 2.31. The van der Waals surface area contributed by atoms with Crippen LogP contribution in [0, 0.1) is 0 Å². The van der Waals surface area contributed by atoms with Crippen LogP contribution in [0.1, 0.15) is 51.6 Å². The minimum atomic E-state index is -0.0958. The van der Waals surface area contributed by atoms with E-state index in [9.17, 15) is 0 Å². The summed E-state index contributed by atoms with van der Waals surface area (Å²) in [5.41, 5.74) is 5.67. The van der Waals surface area contributed by atoms with Gasteiger partial charge in [0.2, 0.25) is 0 Å². The average Bonchev–Trinajstić information content (AvgIpc) is 2.66. The third-order valence-electron chi connectivity index (χ3n) is 5.50. The number of aromatic nitrogens is 2. The number of pyridine rings is 2. The summed E-state index contributed by atoms with van der Waals surface area (Å²) in [6, 6.07) is 23.5. The minimum absolute atomic E-state index is 0.0700. The molecule has 0 fully saturated rings. The van der Waals surface area contributed by atoms with E-state index in [0.29, 0.717) is 0 Å². The lowest BCUT2D eigenvalue weighted by atomic mass is 9.82. The predicted molar refractivity (Wildman–Crippen MR) is 119 cm³/mol. The second-order valence-corrected chi connectivity index (χ2v) is 9.38. The summed E-state index contributed by atoms with van der Waals surface area (Å²) < 4.78 is 0. The Hall–Kier alpha value is -2.74. The molecule has 4 aromatic rings. The fraction of sp³-hybridized carbons (Fsp3) is 0.308. The van der Waals surface area contributed by atoms with E-state index in [4.69, 9.17) is 9.97 Å². The van der Waals surface area contributed by atoms with Gasteiger partial charge in [-0.25, -0.2) is 0 Å². The van der Waals surface area contributed by atoms with E-state index in [1.54, 1.807) is 0 Å². The molecule has 0 atom stereocenters. The van der Waals surface area contributed by atoms with Crippen LogP contribution in [0.25, 0.3) is 21.8 Å². The van der Waals surface area contributed by atoms with Crippen LogP contribution in [0.4, 0.5) is 0 Å². The smallest absolute Gasteiger partial charge is 0.0742 e. The summed E-state index contributed by atoms with van der Waals surface area (Å²) in [5.74, 6) is 0. The fourth-order valence-electron chi connectivity index (χ4n) is 3.88. The number of hydrogen-bond acceptors (Lipinski definition) is 2. The van der Waals surface area contributed by atoms with Gasteiger partial charge in [0.1, 0.15) is 0 Å². The minimum Gasteiger partial charge on any atom is -0.252 e. The van der Waals surface area contributed by atoms with Crippen molar-refractivity contribution < 1.29 is 0 Å². The molecule has 0 aliphatic carbocycles. The SMILES string of the molecule is CC(C)(C)c1cccc2ccc(CC(C)(C)c3ccc4ccccc4n3)nc12. The quantitative estimate of drug-likeness (QED) is 0.407. The molecule has 2 aromatic carbocycles. The van der Waals surface area contributed by atoms with Gasteiger partial charge in [-0.05, 0) is 29.2 Å². The Bertz CT molecular complexity index is 1150. The van der Waals surface area contributed by atoms with E-state index in [-0.39, 0.29) is 10.8 Å². The molecule has 0 bridgehead atoms. The van der Waals surface area contributed by atoms with E-state index in [1.807, 2.05) is 6.07 Å². The molecule has 0 unspecified atom stereocenters. The summed E-state index contributed by atoms with van der Waals surface area (Å²) in [4.78, 5) is 10.0. The molecule has 0 N–H and O–H groups in total. The molecule has 28 heavy (non-hydrogen) atoms. The van der Waals surface area contributed by atoms with E-state index in [1.165, 1.54) is 16.3 Å². The van der Waals surface area contributed by atoms with Gasteiger partial charge >= 0.3 is 0 Å². The van der Waals surface area contributed by atoms with Gasteiger partial charge in [0.25, 0.3) is 0 Å². The maximum absolute atomic E-state index is 5.09. The maximum atomic E-state index is 5.09. The van der Waals surface area contributed by atoms with Gasteiger partial charge in [0.15, 0.2) is 0 Å². The van der Waals surface area contributed by atoms with Crippen LogP contribution in [0.15, 0.2) is 66.7 Å². The molecule has 4 rings (SSSR count). The van der Waals surface area contributed by atoms with Crippen LogP contribution in [-0.4, -0.2) is 9.97 Å². The zero-order valence-corrected chi connectivity index (χ0v) is 17.5. The Kier molecular flexibility index (Phi) is 4.45. The lowest BCUT2D eigenvalue weighted by Crippen LogP contribution is -2.23. The average molecular weight is 369 g/mol. The number of rotatable bonds is 3. The Balaban J connectivity index is 1.73. The summed E-state index contributed by atoms with van der Waals surface area (Å²) in [5, 5.41) is 2.39. The van der Waals surface area contributed by atoms with Gasteiger partial charge in [-0.2, -0.15) is 0 Å². The highest BCUT2D eigenvalue weighted by Gasteiger charge is 2.25. The number of nitrogens with zero attached hydrogens (tertiary/aromatic N) is 2. The molecule has 0 amide bonds. The van der Waals surface area contributed by atoms with Crippen molar-refractivity contribution in [3.05, 3.63) is 83.7 Å². The summed E-state index contributed by atoms with van der Waals surface area (Å²) in [6.45, 7) is 11.3. The van der Waals surface area contributed by atoms with Crippen molar-refractivity contribution in [1.29, 1.82) is 0 Å². The van der Waals surface area contributed by atoms with Crippen molar-refractivity contribution in [2.24, 2.45) is 0 Å². The first-order valence-electron chi connectivity index (χ1n) is 9.99. The number of para-hydroxylation sites is 2. The monoisotopic (exact) mass is 368 g/mol. The zero-order chi connectivity index (χ0) is 19.9. The summed E-state index contributed by atoms with van der Waals surface area (Å²) in [7, 11) is 0. The van der Waals surface area contributed by atoms with Crippen molar-refractivity contribution in [3.8, 4) is 0 Å². The molecule has 2 heterocycles. The van der Waals surface area contributed by atoms with E-state index >= 15 is 0 Å². The normalized spacial score (nSPS) is 12.6. The molecule has 2 heteroatoms. The topological polar surface area (TPSA) is 25.8 Å². The Morgan fingerprint density at radius 3 is 2.18 bits per heavy atom. The van der Waals surface area contributed by atoms with Crippen molar-refractivity contribution >= 4 is 21.8 Å². The van der Waals surface area contributed by atoms with Crippen LogP contribution >= 0.6 is 0 Å². The molecule has 2 aromatic heterocycles. The third kappa shape index (κ3) is 3.52. The molecule has 0 aliphatic rings.